The first kappa shape index (κ1) is 12.1. The first-order valence-electron chi connectivity index (χ1n) is 6.21. The van der Waals surface area contributed by atoms with Gasteiger partial charge in [-0.15, -0.1) is 0 Å². The molecule has 1 amide bonds. The fraction of sp³-hybridized carbons (Fsp3) is 0.500. The SMILES string of the molecule is CCC(O)c1cc(C)c2c(c1)C(CC)C(=O)N2. The third kappa shape index (κ3) is 1.95. The highest BCUT2D eigenvalue weighted by Gasteiger charge is 2.30. The molecule has 2 N–H and O–H groups in total. The van der Waals surface area contributed by atoms with Crippen molar-refractivity contribution in [3.05, 3.63) is 28.8 Å². The number of nitrogens with one attached hydrogen (secondary N) is 1. The van der Waals surface area contributed by atoms with Gasteiger partial charge < -0.3 is 10.4 Å². The third-order valence-electron chi connectivity index (χ3n) is 3.51. The van der Waals surface area contributed by atoms with E-state index in [1.54, 1.807) is 0 Å². The zero-order valence-corrected chi connectivity index (χ0v) is 10.6. The number of carbonyl (C=O) groups is 1. The lowest BCUT2D eigenvalue weighted by atomic mass is 9.92. The summed E-state index contributed by atoms with van der Waals surface area (Å²) in [7, 11) is 0. The summed E-state index contributed by atoms with van der Waals surface area (Å²) >= 11 is 0. The number of hydrogen-bond donors (Lipinski definition) is 2. The van der Waals surface area contributed by atoms with Crippen LogP contribution in [0.3, 0.4) is 0 Å². The molecule has 2 rings (SSSR count). The summed E-state index contributed by atoms with van der Waals surface area (Å²) in [4.78, 5) is 11.8. The van der Waals surface area contributed by atoms with Crippen molar-refractivity contribution in [2.24, 2.45) is 0 Å². The summed E-state index contributed by atoms with van der Waals surface area (Å²) in [6.45, 7) is 5.94. The zero-order chi connectivity index (χ0) is 12.6. The fourth-order valence-electron chi connectivity index (χ4n) is 2.47. The Kier molecular flexibility index (Phi) is 3.20. The van der Waals surface area contributed by atoms with Gasteiger partial charge >= 0.3 is 0 Å². The molecule has 0 aliphatic carbocycles. The summed E-state index contributed by atoms with van der Waals surface area (Å²) in [5, 5.41) is 12.8. The van der Waals surface area contributed by atoms with Gasteiger partial charge in [-0.3, -0.25) is 4.79 Å². The molecule has 1 aliphatic rings. The van der Waals surface area contributed by atoms with Crippen LogP contribution >= 0.6 is 0 Å². The van der Waals surface area contributed by atoms with Crippen LogP contribution in [0.2, 0.25) is 0 Å². The molecule has 2 atom stereocenters. The van der Waals surface area contributed by atoms with Gasteiger partial charge in [0.1, 0.15) is 0 Å². The van der Waals surface area contributed by atoms with Crippen molar-refractivity contribution in [3.8, 4) is 0 Å². The number of hydrogen-bond acceptors (Lipinski definition) is 2. The van der Waals surface area contributed by atoms with Crippen LogP contribution in [0, 0.1) is 6.92 Å². The summed E-state index contributed by atoms with van der Waals surface area (Å²) < 4.78 is 0. The van der Waals surface area contributed by atoms with Crippen molar-refractivity contribution >= 4 is 11.6 Å². The van der Waals surface area contributed by atoms with Gasteiger partial charge in [0.15, 0.2) is 0 Å². The van der Waals surface area contributed by atoms with Gasteiger partial charge in [-0.05, 0) is 36.5 Å². The lowest BCUT2D eigenvalue weighted by molar-refractivity contribution is -0.117. The van der Waals surface area contributed by atoms with Crippen LogP contribution in [-0.2, 0) is 4.79 Å². The highest BCUT2D eigenvalue weighted by Crippen LogP contribution is 2.38. The molecule has 0 saturated heterocycles. The maximum Gasteiger partial charge on any atom is 0.232 e. The maximum absolute atomic E-state index is 11.8. The van der Waals surface area contributed by atoms with Crippen molar-refractivity contribution in [2.75, 3.05) is 5.32 Å². The Morgan fingerprint density at radius 2 is 2.12 bits per heavy atom. The molecule has 1 aromatic rings. The van der Waals surface area contributed by atoms with E-state index in [4.69, 9.17) is 0 Å². The number of aliphatic hydroxyl groups excluding tert-OH is 1. The average molecular weight is 233 g/mol. The number of fused-ring (bicyclic) bond motifs is 1. The van der Waals surface area contributed by atoms with Crippen LogP contribution < -0.4 is 5.32 Å². The van der Waals surface area contributed by atoms with Crippen molar-refractivity contribution in [1.29, 1.82) is 0 Å². The van der Waals surface area contributed by atoms with E-state index in [0.29, 0.717) is 6.42 Å². The predicted octanol–water partition coefficient (Wildman–Crippen LogP) is 2.88. The lowest BCUT2D eigenvalue weighted by Gasteiger charge is -2.13. The van der Waals surface area contributed by atoms with E-state index < -0.39 is 6.10 Å². The molecule has 0 radical (unpaired) electrons. The van der Waals surface area contributed by atoms with Crippen LogP contribution in [0.4, 0.5) is 5.69 Å². The Balaban J connectivity index is 2.50. The number of aliphatic hydroxyl groups is 1. The van der Waals surface area contributed by atoms with Gasteiger partial charge in [0.2, 0.25) is 5.91 Å². The largest absolute Gasteiger partial charge is 0.388 e. The van der Waals surface area contributed by atoms with Crippen LogP contribution in [0.1, 0.15) is 55.4 Å². The van der Waals surface area contributed by atoms with E-state index >= 15 is 0 Å². The maximum atomic E-state index is 11.8. The molecule has 1 aromatic carbocycles. The van der Waals surface area contributed by atoms with Crippen LogP contribution in [0.5, 0.6) is 0 Å². The van der Waals surface area contributed by atoms with Gasteiger partial charge in [-0.25, -0.2) is 0 Å². The third-order valence-corrected chi connectivity index (χ3v) is 3.51. The summed E-state index contributed by atoms with van der Waals surface area (Å²) in [6, 6.07) is 3.94. The second-order valence-corrected chi connectivity index (χ2v) is 4.68. The van der Waals surface area contributed by atoms with Crippen molar-refractivity contribution in [2.45, 2.75) is 45.6 Å². The molecule has 0 aromatic heterocycles. The second kappa shape index (κ2) is 4.49. The highest BCUT2D eigenvalue weighted by atomic mass is 16.3. The molecule has 3 nitrogen and oxygen atoms in total. The smallest absolute Gasteiger partial charge is 0.232 e. The Hall–Kier alpha value is -1.35. The molecule has 17 heavy (non-hydrogen) atoms. The molecule has 0 saturated carbocycles. The van der Waals surface area contributed by atoms with Crippen molar-refractivity contribution in [1.82, 2.24) is 0 Å². The van der Waals surface area contributed by atoms with E-state index in [1.165, 1.54) is 0 Å². The van der Waals surface area contributed by atoms with Gasteiger partial charge in [-0.1, -0.05) is 26.0 Å². The molecular weight excluding hydrogens is 214 g/mol. The van der Waals surface area contributed by atoms with Crippen molar-refractivity contribution in [3.63, 3.8) is 0 Å². The molecule has 0 spiro atoms. The van der Waals surface area contributed by atoms with Crippen molar-refractivity contribution < 1.29 is 9.90 Å². The Bertz CT molecular complexity index is 454. The van der Waals surface area contributed by atoms with E-state index in [-0.39, 0.29) is 11.8 Å². The molecular formula is C14H19NO2. The van der Waals surface area contributed by atoms with E-state index in [0.717, 1.165) is 28.8 Å². The normalized spacial score (nSPS) is 20.0. The Morgan fingerprint density at radius 1 is 1.41 bits per heavy atom. The number of benzene rings is 1. The summed E-state index contributed by atoms with van der Waals surface area (Å²) in [5.74, 6) is 0.0152. The monoisotopic (exact) mass is 233 g/mol. The van der Waals surface area contributed by atoms with Gasteiger partial charge in [0.05, 0.1) is 12.0 Å². The number of rotatable bonds is 3. The summed E-state index contributed by atoms with van der Waals surface area (Å²) in [5.41, 5.74) is 3.93. The molecule has 0 fully saturated rings. The topological polar surface area (TPSA) is 49.3 Å². The zero-order valence-electron chi connectivity index (χ0n) is 10.6. The Labute approximate surface area is 102 Å². The molecule has 3 heteroatoms. The number of aryl methyl sites for hydroxylation is 1. The molecule has 1 heterocycles. The van der Waals surface area contributed by atoms with Crippen LogP contribution in [0.15, 0.2) is 12.1 Å². The molecule has 1 aliphatic heterocycles. The van der Waals surface area contributed by atoms with E-state index in [2.05, 4.69) is 5.32 Å². The highest BCUT2D eigenvalue weighted by molar-refractivity contribution is 6.03. The molecule has 0 bridgehead atoms. The van der Waals surface area contributed by atoms with Gasteiger partial charge in [-0.2, -0.15) is 0 Å². The fourth-order valence-corrected chi connectivity index (χ4v) is 2.47. The first-order valence-corrected chi connectivity index (χ1v) is 6.21. The summed E-state index contributed by atoms with van der Waals surface area (Å²) in [6.07, 6.45) is 1.05. The van der Waals surface area contributed by atoms with Crippen LogP contribution in [-0.4, -0.2) is 11.0 Å². The first-order chi connectivity index (χ1) is 8.08. The second-order valence-electron chi connectivity index (χ2n) is 4.68. The lowest BCUT2D eigenvalue weighted by Crippen LogP contribution is -2.10. The minimum absolute atomic E-state index is 0.0623. The quantitative estimate of drug-likeness (QED) is 0.843. The van der Waals surface area contributed by atoms with Crippen LogP contribution in [0.25, 0.3) is 0 Å². The minimum atomic E-state index is -0.438. The standard InChI is InChI=1S/C14H19NO2/c1-4-10-11-7-9(12(16)5-2)6-8(3)13(11)15-14(10)17/h6-7,10,12,16H,4-5H2,1-3H3,(H,15,17). The minimum Gasteiger partial charge on any atom is -0.388 e. The van der Waals surface area contributed by atoms with E-state index in [1.807, 2.05) is 32.9 Å². The molecule has 2 unspecified atom stereocenters. The van der Waals surface area contributed by atoms with Gasteiger partial charge in [0, 0.05) is 5.69 Å². The predicted molar refractivity (Wildman–Crippen MR) is 68.1 cm³/mol. The number of anilines is 1. The number of carbonyl (C=O) groups excluding carboxylic acids is 1. The van der Waals surface area contributed by atoms with E-state index in [9.17, 15) is 9.90 Å². The number of amides is 1. The Morgan fingerprint density at radius 3 is 2.71 bits per heavy atom. The molecule has 92 valence electrons. The van der Waals surface area contributed by atoms with Gasteiger partial charge in [0.25, 0.3) is 0 Å². The average Bonchev–Trinajstić information content (AvgIpc) is 2.64.